The molecule has 0 aliphatic carbocycles. The van der Waals surface area contributed by atoms with Crippen LogP contribution in [-0.4, -0.2) is 29.9 Å². The fourth-order valence-corrected chi connectivity index (χ4v) is 2.64. The fourth-order valence-electron chi connectivity index (χ4n) is 1.33. The third kappa shape index (κ3) is 3.12. The van der Waals surface area contributed by atoms with Crippen molar-refractivity contribution in [2.45, 2.75) is 12.5 Å². The molecule has 0 saturated heterocycles. The van der Waals surface area contributed by atoms with E-state index in [2.05, 4.69) is 26.1 Å². The summed E-state index contributed by atoms with van der Waals surface area (Å²) in [6, 6.07) is 3.90. The van der Waals surface area contributed by atoms with Crippen LogP contribution in [0.25, 0.3) is 10.7 Å². The molecule has 1 atom stereocenters. The van der Waals surface area contributed by atoms with Gasteiger partial charge in [0.2, 0.25) is 11.7 Å². The molecule has 0 aliphatic rings. The highest BCUT2D eigenvalue weighted by Crippen LogP contribution is 2.29. The Hall–Kier alpha value is -0.760. The molecular formula is C10H12BrN3O2S. The Morgan fingerprint density at radius 2 is 2.41 bits per heavy atom. The first-order chi connectivity index (χ1) is 8.22. The summed E-state index contributed by atoms with van der Waals surface area (Å²) in [4.78, 5) is 5.27. The van der Waals surface area contributed by atoms with E-state index < -0.39 is 0 Å². The van der Waals surface area contributed by atoms with E-state index in [1.807, 2.05) is 12.1 Å². The largest absolute Gasteiger partial charge is 0.380 e. The third-order valence-electron chi connectivity index (χ3n) is 2.26. The van der Waals surface area contributed by atoms with Gasteiger partial charge in [-0.1, -0.05) is 5.16 Å². The zero-order valence-electron chi connectivity index (χ0n) is 9.22. The van der Waals surface area contributed by atoms with Crippen LogP contribution in [0.2, 0.25) is 0 Å². The molecule has 17 heavy (non-hydrogen) atoms. The molecule has 5 nitrogen and oxygen atoms in total. The Kier molecular flexibility index (Phi) is 4.27. The first-order valence-corrected chi connectivity index (χ1v) is 6.65. The lowest BCUT2D eigenvalue weighted by Gasteiger charge is -2.08. The number of nitrogens with zero attached hydrogens (tertiary/aromatic N) is 2. The first kappa shape index (κ1) is 12.7. The lowest BCUT2D eigenvalue weighted by Crippen LogP contribution is -2.24. The average Bonchev–Trinajstić information content (AvgIpc) is 2.94. The molecule has 0 aromatic carbocycles. The summed E-state index contributed by atoms with van der Waals surface area (Å²) in [5.41, 5.74) is 5.53. The van der Waals surface area contributed by atoms with Crippen molar-refractivity contribution in [3.05, 3.63) is 21.8 Å². The molecule has 2 N–H and O–H groups in total. The summed E-state index contributed by atoms with van der Waals surface area (Å²) >= 11 is 4.96. The number of halogens is 1. The molecular weight excluding hydrogens is 306 g/mol. The van der Waals surface area contributed by atoms with Crippen LogP contribution in [0, 0.1) is 0 Å². The SMILES string of the molecule is COC(CN)Cc1nc(-c2ccc(Br)s2)no1. The molecule has 0 radical (unpaired) electrons. The summed E-state index contributed by atoms with van der Waals surface area (Å²) in [6.45, 7) is 0.429. The highest BCUT2D eigenvalue weighted by Gasteiger charge is 2.14. The van der Waals surface area contributed by atoms with Crippen LogP contribution < -0.4 is 5.73 Å². The maximum atomic E-state index is 5.53. The minimum absolute atomic E-state index is 0.0848. The van der Waals surface area contributed by atoms with E-state index in [1.165, 1.54) is 0 Å². The van der Waals surface area contributed by atoms with Crippen LogP contribution in [0.3, 0.4) is 0 Å². The summed E-state index contributed by atoms with van der Waals surface area (Å²) < 4.78 is 11.4. The smallest absolute Gasteiger partial charge is 0.229 e. The van der Waals surface area contributed by atoms with Crippen molar-refractivity contribution in [1.82, 2.24) is 10.1 Å². The van der Waals surface area contributed by atoms with Crippen LogP contribution in [-0.2, 0) is 11.2 Å². The van der Waals surface area contributed by atoms with Gasteiger partial charge in [0, 0.05) is 13.7 Å². The van der Waals surface area contributed by atoms with Crippen LogP contribution >= 0.6 is 27.3 Å². The number of nitrogens with two attached hydrogens (primary N) is 1. The van der Waals surface area contributed by atoms with Crippen LogP contribution in [0.5, 0.6) is 0 Å². The van der Waals surface area contributed by atoms with Crippen molar-refractivity contribution >= 4 is 27.3 Å². The van der Waals surface area contributed by atoms with Gasteiger partial charge in [-0.25, -0.2) is 0 Å². The van der Waals surface area contributed by atoms with Gasteiger partial charge < -0.3 is 15.0 Å². The lowest BCUT2D eigenvalue weighted by molar-refractivity contribution is 0.102. The van der Waals surface area contributed by atoms with Crippen LogP contribution in [0.1, 0.15) is 5.89 Å². The fraction of sp³-hybridized carbons (Fsp3) is 0.400. The zero-order chi connectivity index (χ0) is 12.3. The summed E-state index contributed by atoms with van der Waals surface area (Å²) in [7, 11) is 1.62. The van der Waals surface area contributed by atoms with Gasteiger partial charge in [-0.2, -0.15) is 4.98 Å². The van der Waals surface area contributed by atoms with Gasteiger partial charge in [-0.3, -0.25) is 0 Å². The van der Waals surface area contributed by atoms with Crippen LogP contribution in [0.4, 0.5) is 0 Å². The average molecular weight is 318 g/mol. The Labute approximate surface area is 111 Å². The molecule has 1 unspecified atom stereocenters. The predicted octanol–water partition coefficient (Wildman–Crippen LogP) is 2.08. The Morgan fingerprint density at radius 1 is 1.59 bits per heavy atom. The molecule has 0 amide bonds. The first-order valence-electron chi connectivity index (χ1n) is 5.04. The predicted molar refractivity (Wildman–Crippen MR) is 68.9 cm³/mol. The summed E-state index contributed by atoms with van der Waals surface area (Å²) in [5, 5.41) is 3.93. The van der Waals surface area contributed by atoms with Crippen molar-refractivity contribution in [3.8, 4) is 10.7 Å². The molecule has 92 valence electrons. The van der Waals surface area contributed by atoms with Crippen LogP contribution in [0.15, 0.2) is 20.4 Å². The molecule has 0 aliphatic heterocycles. The molecule has 2 rings (SSSR count). The molecule has 0 saturated carbocycles. The van der Waals surface area contributed by atoms with Gasteiger partial charge in [-0.05, 0) is 28.1 Å². The number of thiophene rings is 1. The van der Waals surface area contributed by atoms with E-state index in [0.717, 1.165) is 8.66 Å². The van der Waals surface area contributed by atoms with Crippen molar-refractivity contribution in [2.75, 3.05) is 13.7 Å². The molecule has 2 heterocycles. The van der Waals surface area contributed by atoms with E-state index >= 15 is 0 Å². The summed E-state index contributed by atoms with van der Waals surface area (Å²) in [5.74, 6) is 1.14. The maximum absolute atomic E-state index is 5.53. The number of hydrogen-bond acceptors (Lipinski definition) is 6. The quantitative estimate of drug-likeness (QED) is 0.913. The second-order valence-electron chi connectivity index (χ2n) is 3.41. The molecule has 0 bridgehead atoms. The van der Waals surface area contributed by atoms with E-state index in [-0.39, 0.29) is 6.10 Å². The van der Waals surface area contributed by atoms with Gasteiger partial charge in [-0.15, -0.1) is 11.3 Å². The number of methoxy groups -OCH3 is 1. The molecule has 0 spiro atoms. The van der Waals surface area contributed by atoms with E-state index in [0.29, 0.717) is 24.7 Å². The molecule has 7 heteroatoms. The van der Waals surface area contributed by atoms with Gasteiger partial charge in [0.15, 0.2) is 0 Å². The van der Waals surface area contributed by atoms with Gasteiger partial charge in [0.1, 0.15) is 0 Å². The van der Waals surface area contributed by atoms with Gasteiger partial charge in [0.05, 0.1) is 21.2 Å². The molecule has 2 aromatic rings. The Bertz CT molecular complexity index is 481. The normalized spacial score (nSPS) is 12.9. The zero-order valence-corrected chi connectivity index (χ0v) is 11.6. The maximum Gasteiger partial charge on any atom is 0.229 e. The number of hydrogen-bond donors (Lipinski definition) is 1. The highest BCUT2D eigenvalue weighted by atomic mass is 79.9. The highest BCUT2D eigenvalue weighted by molar-refractivity contribution is 9.11. The molecule has 2 aromatic heterocycles. The Balaban J connectivity index is 2.10. The lowest BCUT2D eigenvalue weighted by atomic mass is 10.2. The van der Waals surface area contributed by atoms with Crippen molar-refractivity contribution in [2.24, 2.45) is 5.73 Å². The number of rotatable bonds is 5. The second kappa shape index (κ2) is 5.72. The molecule has 0 fully saturated rings. The monoisotopic (exact) mass is 317 g/mol. The van der Waals surface area contributed by atoms with Gasteiger partial charge >= 0.3 is 0 Å². The van der Waals surface area contributed by atoms with Crippen molar-refractivity contribution < 1.29 is 9.26 Å². The van der Waals surface area contributed by atoms with Crippen molar-refractivity contribution in [1.29, 1.82) is 0 Å². The minimum atomic E-state index is -0.0848. The Morgan fingerprint density at radius 3 is 3.00 bits per heavy atom. The van der Waals surface area contributed by atoms with E-state index in [1.54, 1.807) is 18.4 Å². The standard InChI is InChI=1S/C10H12BrN3O2S/c1-15-6(5-12)4-9-13-10(14-16-9)7-2-3-8(11)17-7/h2-3,6H,4-5,12H2,1H3. The van der Waals surface area contributed by atoms with E-state index in [9.17, 15) is 0 Å². The van der Waals surface area contributed by atoms with Crippen molar-refractivity contribution in [3.63, 3.8) is 0 Å². The number of aromatic nitrogens is 2. The van der Waals surface area contributed by atoms with E-state index in [4.69, 9.17) is 15.0 Å². The third-order valence-corrected chi connectivity index (χ3v) is 3.88. The number of ether oxygens (including phenoxy) is 1. The summed E-state index contributed by atoms with van der Waals surface area (Å²) in [6.07, 6.45) is 0.449. The topological polar surface area (TPSA) is 74.2 Å². The second-order valence-corrected chi connectivity index (χ2v) is 5.88. The minimum Gasteiger partial charge on any atom is -0.380 e. The van der Waals surface area contributed by atoms with Gasteiger partial charge in [0.25, 0.3) is 0 Å².